The van der Waals surface area contributed by atoms with E-state index in [9.17, 15) is 9.59 Å². The Morgan fingerprint density at radius 1 is 1.12 bits per heavy atom. The van der Waals surface area contributed by atoms with Gasteiger partial charge >= 0.3 is 0 Å². The molecule has 7 heteroatoms. The lowest BCUT2D eigenvalue weighted by atomic mass is 9.79. The van der Waals surface area contributed by atoms with Gasteiger partial charge in [-0.1, -0.05) is 24.3 Å². The maximum absolute atomic E-state index is 13.8. The van der Waals surface area contributed by atoms with Gasteiger partial charge in [0.05, 0.1) is 25.7 Å². The van der Waals surface area contributed by atoms with Crippen molar-refractivity contribution in [2.45, 2.75) is 18.9 Å². The molecule has 0 saturated heterocycles. The van der Waals surface area contributed by atoms with E-state index < -0.39 is 12.0 Å². The molecule has 2 heterocycles. The summed E-state index contributed by atoms with van der Waals surface area (Å²) < 4.78 is 10.6. The van der Waals surface area contributed by atoms with Crippen LogP contribution in [0.5, 0.6) is 5.75 Å². The second-order valence-electron chi connectivity index (χ2n) is 7.69. The van der Waals surface area contributed by atoms with Crippen LogP contribution in [-0.4, -0.2) is 44.1 Å². The molecule has 1 aromatic heterocycles. The van der Waals surface area contributed by atoms with Crippen LogP contribution in [0.2, 0.25) is 0 Å². The molecule has 0 radical (unpaired) electrons. The maximum Gasteiger partial charge on any atom is 0.254 e. The third-order valence-corrected chi connectivity index (χ3v) is 6.71. The molecule has 2 amide bonds. The number of aryl methyl sites for hydroxylation is 1. The highest BCUT2D eigenvalue weighted by Gasteiger charge is 2.45. The summed E-state index contributed by atoms with van der Waals surface area (Å²) in [7, 11) is 3.20. The zero-order chi connectivity index (χ0) is 22.7. The van der Waals surface area contributed by atoms with Crippen LogP contribution in [0, 0.1) is 6.92 Å². The number of carbonyl (C=O) groups excluding carboxylic acids is 2. The minimum absolute atomic E-state index is 0.0791. The molecule has 1 N–H and O–H groups in total. The summed E-state index contributed by atoms with van der Waals surface area (Å²) in [5.74, 6) is -0.146. The number of carbonyl (C=O) groups is 2. The SMILES string of the molecule is COCCN1C(=O)c2cccc(C)c2C(C(=O)Nc2cccc(OC)c2)C1c1cccs1. The Balaban J connectivity index is 1.82. The predicted octanol–water partition coefficient (Wildman–Crippen LogP) is 4.63. The molecular formula is C25H26N2O4S. The van der Waals surface area contributed by atoms with Crippen LogP contribution in [0.15, 0.2) is 60.0 Å². The Labute approximate surface area is 191 Å². The van der Waals surface area contributed by atoms with E-state index in [0.717, 1.165) is 16.0 Å². The van der Waals surface area contributed by atoms with E-state index in [0.29, 0.717) is 30.2 Å². The number of hydrogen-bond donors (Lipinski definition) is 1. The Hall–Kier alpha value is -3.16. The highest BCUT2D eigenvalue weighted by Crippen LogP contribution is 2.45. The first-order chi connectivity index (χ1) is 15.5. The van der Waals surface area contributed by atoms with Gasteiger partial charge in [0, 0.05) is 35.8 Å². The molecule has 2 unspecified atom stereocenters. The molecule has 32 heavy (non-hydrogen) atoms. The zero-order valence-corrected chi connectivity index (χ0v) is 19.1. The van der Waals surface area contributed by atoms with E-state index in [1.54, 1.807) is 42.6 Å². The van der Waals surface area contributed by atoms with E-state index in [4.69, 9.17) is 9.47 Å². The van der Waals surface area contributed by atoms with Crippen LogP contribution in [0.1, 0.15) is 38.3 Å². The number of hydrogen-bond acceptors (Lipinski definition) is 5. The molecule has 0 saturated carbocycles. The molecule has 6 nitrogen and oxygen atoms in total. The van der Waals surface area contributed by atoms with E-state index in [1.165, 1.54) is 0 Å². The molecule has 0 bridgehead atoms. The van der Waals surface area contributed by atoms with Crippen LogP contribution >= 0.6 is 11.3 Å². The number of fused-ring (bicyclic) bond motifs is 1. The fraction of sp³-hybridized carbons (Fsp3) is 0.280. The number of benzene rings is 2. The van der Waals surface area contributed by atoms with Crippen molar-refractivity contribution < 1.29 is 19.1 Å². The molecule has 1 aliphatic heterocycles. The summed E-state index contributed by atoms with van der Waals surface area (Å²) >= 11 is 1.55. The highest BCUT2D eigenvalue weighted by atomic mass is 32.1. The van der Waals surface area contributed by atoms with Gasteiger partial charge in [0.25, 0.3) is 5.91 Å². The maximum atomic E-state index is 13.8. The first-order valence-electron chi connectivity index (χ1n) is 10.4. The molecule has 0 spiro atoms. The summed E-state index contributed by atoms with van der Waals surface area (Å²) in [5, 5.41) is 5.03. The van der Waals surface area contributed by atoms with Gasteiger partial charge < -0.3 is 19.7 Å². The Morgan fingerprint density at radius 2 is 1.94 bits per heavy atom. The average Bonchev–Trinajstić information content (AvgIpc) is 3.33. The number of anilines is 1. The van der Waals surface area contributed by atoms with E-state index in [-0.39, 0.29) is 11.8 Å². The van der Waals surface area contributed by atoms with Gasteiger partial charge in [-0.3, -0.25) is 9.59 Å². The molecule has 3 aromatic rings. The second kappa shape index (κ2) is 9.54. The summed E-state index contributed by atoms with van der Waals surface area (Å²) in [6, 6.07) is 16.4. The molecular weight excluding hydrogens is 424 g/mol. The smallest absolute Gasteiger partial charge is 0.254 e. The lowest BCUT2D eigenvalue weighted by molar-refractivity contribution is -0.119. The Morgan fingerprint density at radius 3 is 2.66 bits per heavy atom. The standard InChI is InChI=1S/C25H26N2O4S/c1-16-7-4-10-19-21(16)22(24(28)26-17-8-5-9-18(15-17)31-3)23(20-11-6-14-32-20)27(25(19)29)12-13-30-2/h4-11,14-15,22-23H,12-13H2,1-3H3,(H,26,28). The lowest BCUT2D eigenvalue weighted by Gasteiger charge is -2.41. The number of ether oxygens (including phenoxy) is 2. The fourth-order valence-electron chi connectivity index (χ4n) is 4.30. The largest absolute Gasteiger partial charge is 0.497 e. The van der Waals surface area contributed by atoms with Crippen LogP contribution in [0.3, 0.4) is 0 Å². The molecule has 1 aliphatic rings. The molecule has 0 aliphatic carbocycles. The van der Waals surface area contributed by atoms with Crippen molar-refractivity contribution in [1.29, 1.82) is 0 Å². The van der Waals surface area contributed by atoms with Crippen molar-refractivity contribution in [2.75, 3.05) is 32.7 Å². The monoisotopic (exact) mass is 450 g/mol. The van der Waals surface area contributed by atoms with Crippen LogP contribution < -0.4 is 10.1 Å². The van der Waals surface area contributed by atoms with Crippen LogP contribution in [0.25, 0.3) is 0 Å². The molecule has 2 atom stereocenters. The van der Waals surface area contributed by atoms with E-state index >= 15 is 0 Å². The number of methoxy groups -OCH3 is 2. The Bertz CT molecular complexity index is 1110. The highest BCUT2D eigenvalue weighted by molar-refractivity contribution is 7.10. The summed E-state index contributed by atoms with van der Waals surface area (Å²) in [6.45, 7) is 2.74. The predicted molar refractivity (Wildman–Crippen MR) is 126 cm³/mol. The minimum Gasteiger partial charge on any atom is -0.497 e. The van der Waals surface area contributed by atoms with Crippen molar-refractivity contribution in [2.24, 2.45) is 0 Å². The summed E-state index contributed by atoms with van der Waals surface area (Å²) in [5.41, 5.74) is 2.93. The van der Waals surface area contributed by atoms with Gasteiger partial charge in [0.1, 0.15) is 5.75 Å². The molecule has 0 fully saturated rings. The molecule has 2 aromatic carbocycles. The van der Waals surface area contributed by atoms with Crippen molar-refractivity contribution in [3.05, 3.63) is 81.5 Å². The first kappa shape index (κ1) is 22.0. The van der Waals surface area contributed by atoms with Gasteiger partial charge in [-0.15, -0.1) is 11.3 Å². The van der Waals surface area contributed by atoms with E-state index in [2.05, 4.69) is 5.32 Å². The molecule has 4 rings (SSSR count). The summed E-state index contributed by atoms with van der Waals surface area (Å²) in [4.78, 5) is 30.1. The normalized spacial score (nSPS) is 17.7. The second-order valence-corrected chi connectivity index (χ2v) is 8.67. The number of rotatable bonds is 7. The first-order valence-corrected chi connectivity index (χ1v) is 11.3. The van der Waals surface area contributed by atoms with Crippen molar-refractivity contribution >= 4 is 28.8 Å². The topological polar surface area (TPSA) is 67.9 Å². The Kier molecular flexibility index (Phi) is 6.58. The van der Waals surface area contributed by atoms with Gasteiger partial charge in [-0.2, -0.15) is 0 Å². The number of amides is 2. The summed E-state index contributed by atoms with van der Waals surface area (Å²) in [6.07, 6.45) is 0. The fourth-order valence-corrected chi connectivity index (χ4v) is 5.18. The van der Waals surface area contributed by atoms with E-state index in [1.807, 2.05) is 54.8 Å². The third-order valence-electron chi connectivity index (χ3n) is 5.77. The molecule has 166 valence electrons. The van der Waals surface area contributed by atoms with Crippen molar-refractivity contribution in [3.8, 4) is 5.75 Å². The third kappa shape index (κ3) is 4.13. The van der Waals surface area contributed by atoms with Crippen molar-refractivity contribution in [1.82, 2.24) is 4.90 Å². The van der Waals surface area contributed by atoms with Gasteiger partial charge in [-0.05, 0) is 47.7 Å². The zero-order valence-electron chi connectivity index (χ0n) is 18.3. The van der Waals surface area contributed by atoms with Gasteiger partial charge in [0.2, 0.25) is 5.91 Å². The number of thiophene rings is 1. The van der Waals surface area contributed by atoms with Crippen molar-refractivity contribution in [3.63, 3.8) is 0 Å². The van der Waals surface area contributed by atoms with Crippen LogP contribution in [-0.2, 0) is 9.53 Å². The van der Waals surface area contributed by atoms with Gasteiger partial charge in [-0.25, -0.2) is 0 Å². The minimum atomic E-state index is -0.564. The quantitative estimate of drug-likeness (QED) is 0.570. The number of nitrogens with one attached hydrogen (secondary N) is 1. The average molecular weight is 451 g/mol. The number of nitrogens with zero attached hydrogens (tertiary/aromatic N) is 1. The van der Waals surface area contributed by atoms with Crippen LogP contribution in [0.4, 0.5) is 5.69 Å². The lowest BCUT2D eigenvalue weighted by Crippen LogP contribution is -2.47. The van der Waals surface area contributed by atoms with Gasteiger partial charge in [0.15, 0.2) is 0 Å².